The first kappa shape index (κ1) is 45.1. The highest BCUT2D eigenvalue weighted by atomic mass is 16.7. The van der Waals surface area contributed by atoms with Crippen molar-refractivity contribution in [3.63, 3.8) is 0 Å². The minimum absolute atomic E-state index is 0.0505. The first-order valence-electron chi connectivity index (χ1n) is 20.9. The smallest absolute Gasteiger partial charge is 0.410 e. The number of amides is 1. The number of fused-ring (bicyclic) bond motifs is 2. The predicted octanol–water partition coefficient (Wildman–Crippen LogP) is 6.87. The molecule has 5 rings (SSSR count). The molecule has 6 atom stereocenters. The molecule has 1 saturated carbocycles. The monoisotopic (exact) mass is 807 g/mol. The lowest BCUT2D eigenvalue weighted by Gasteiger charge is -2.59. The molecule has 3 aliphatic rings. The number of pyridine rings is 1. The topological polar surface area (TPSA) is 162 Å². The molecule has 2 aliphatic carbocycles. The zero-order chi connectivity index (χ0) is 41.7. The zero-order valence-electron chi connectivity index (χ0n) is 35.1. The molecule has 6 unspecified atom stereocenters. The lowest BCUT2D eigenvalue weighted by Crippen LogP contribution is -2.70. The number of benzene rings is 1. The second kappa shape index (κ2) is 21.3. The van der Waals surface area contributed by atoms with Crippen LogP contribution in [0.3, 0.4) is 0 Å². The number of oxime groups is 1. The third kappa shape index (κ3) is 11.0. The minimum atomic E-state index is -1.44. The fraction of sp³-hybridized carbons (Fsp3) is 0.622. The van der Waals surface area contributed by atoms with E-state index in [9.17, 15) is 20.1 Å². The summed E-state index contributed by atoms with van der Waals surface area (Å²) in [6.45, 7) is 14.5. The number of carbonyl (C=O) groups excluding carboxylic acids is 1. The SMILES string of the molecule is C=CCOC12Oc3ccc(OCc4cccc(C)n4)cc3C3C(CCCCO)C(CCCCO)C=C(C(=NOC(C)(C)C)CC1N(CCOCCO)C(=O)OCC)C32. The van der Waals surface area contributed by atoms with Crippen molar-refractivity contribution in [2.45, 2.75) is 110 Å². The molecular weight excluding hydrogens is 743 g/mol. The normalized spacial score (nSPS) is 24.2. The van der Waals surface area contributed by atoms with Crippen molar-refractivity contribution < 1.29 is 48.6 Å². The Labute approximate surface area is 344 Å². The molecule has 1 aromatic carbocycles. The maximum Gasteiger partial charge on any atom is 0.410 e. The highest BCUT2D eigenvalue weighted by Gasteiger charge is 2.65. The summed E-state index contributed by atoms with van der Waals surface area (Å²) in [5.41, 5.74) is 3.69. The van der Waals surface area contributed by atoms with Gasteiger partial charge in [0.25, 0.3) is 0 Å². The predicted molar refractivity (Wildman–Crippen MR) is 221 cm³/mol. The summed E-state index contributed by atoms with van der Waals surface area (Å²) in [4.78, 5) is 26.6. The number of ether oxygens (including phenoxy) is 5. The van der Waals surface area contributed by atoms with Crippen LogP contribution in [-0.2, 0) is 25.7 Å². The summed E-state index contributed by atoms with van der Waals surface area (Å²) in [7, 11) is 0. The number of aliphatic hydroxyl groups excluding tert-OH is 3. The van der Waals surface area contributed by atoms with Crippen molar-refractivity contribution in [2.75, 3.05) is 52.8 Å². The van der Waals surface area contributed by atoms with Gasteiger partial charge in [-0.25, -0.2) is 4.79 Å². The lowest BCUT2D eigenvalue weighted by molar-refractivity contribution is -0.256. The van der Waals surface area contributed by atoms with Crippen molar-refractivity contribution in [1.29, 1.82) is 0 Å². The molecule has 2 aromatic rings. The molecule has 2 heterocycles. The zero-order valence-corrected chi connectivity index (χ0v) is 35.1. The van der Waals surface area contributed by atoms with Gasteiger partial charge in [0.05, 0.1) is 50.4 Å². The van der Waals surface area contributed by atoms with Crippen molar-refractivity contribution >= 4 is 11.8 Å². The average molecular weight is 808 g/mol. The van der Waals surface area contributed by atoms with E-state index in [1.807, 2.05) is 58.0 Å². The number of allylic oxidation sites excluding steroid dienone is 1. The van der Waals surface area contributed by atoms with Crippen molar-refractivity contribution in [3.05, 3.63) is 77.7 Å². The van der Waals surface area contributed by atoms with E-state index in [1.54, 1.807) is 17.9 Å². The summed E-state index contributed by atoms with van der Waals surface area (Å²) >= 11 is 0. The van der Waals surface area contributed by atoms with Crippen LogP contribution in [0.4, 0.5) is 4.79 Å². The number of aryl methyl sites for hydroxylation is 1. The Bertz CT molecular complexity index is 1710. The van der Waals surface area contributed by atoms with Crippen LogP contribution in [0.15, 0.2) is 65.9 Å². The van der Waals surface area contributed by atoms with Crippen LogP contribution >= 0.6 is 0 Å². The third-order valence-corrected chi connectivity index (χ3v) is 11.0. The van der Waals surface area contributed by atoms with Gasteiger partial charge in [0.1, 0.15) is 29.7 Å². The molecule has 1 aromatic heterocycles. The van der Waals surface area contributed by atoms with Gasteiger partial charge in [-0.3, -0.25) is 9.88 Å². The Hall–Kier alpha value is -4.01. The van der Waals surface area contributed by atoms with Crippen LogP contribution in [0.2, 0.25) is 0 Å². The van der Waals surface area contributed by atoms with Gasteiger partial charge in [0.15, 0.2) is 0 Å². The van der Waals surface area contributed by atoms with E-state index in [2.05, 4.69) is 23.7 Å². The Morgan fingerprint density at radius 2 is 1.84 bits per heavy atom. The number of hydrogen-bond acceptors (Lipinski definition) is 12. The number of nitrogens with zero attached hydrogens (tertiary/aromatic N) is 3. The molecule has 13 heteroatoms. The average Bonchev–Trinajstić information content (AvgIpc) is 3.20. The largest absolute Gasteiger partial charge is 0.487 e. The fourth-order valence-electron chi connectivity index (χ4n) is 8.68. The van der Waals surface area contributed by atoms with Gasteiger partial charge in [-0.1, -0.05) is 36.2 Å². The maximum atomic E-state index is 14.1. The Morgan fingerprint density at radius 3 is 2.53 bits per heavy atom. The molecule has 0 saturated heterocycles. The van der Waals surface area contributed by atoms with Crippen LogP contribution < -0.4 is 9.47 Å². The minimum Gasteiger partial charge on any atom is -0.487 e. The van der Waals surface area contributed by atoms with E-state index in [1.165, 1.54) is 0 Å². The first-order chi connectivity index (χ1) is 28.0. The number of carbonyl (C=O) groups is 1. The summed E-state index contributed by atoms with van der Waals surface area (Å²) in [5, 5.41) is 34.1. The number of hydrogen-bond donors (Lipinski definition) is 3. The maximum absolute atomic E-state index is 14.1. The highest BCUT2D eigenvalue weighted by molar-refractivity contribution is 6.03. The summed E-state index contributed by atoms with van der Waals surface area (Å²) < 4.78 is 32.1. The van der Waals surface area contributed by atoms with Gasteiger partial charge in [-0.05, 0) is 108 Å². The summed E-state index contributed by atoms with van der Waals surface area (Å²) in [6, 6.07) is 11.0. The Balaban J connectivity index is 1.76. The number of aromatic nitrogens is 1. The van der Waals surface area contributed by atoms with E-state index >= 15 is 0 Å². The first-order valence-corrected chi connectivity index (χ1v) is 20.9. The Kier molecular flexibility index (Phi) is 16.6. The molecule has 1 amide bonds. The molecule has 3 N–H and O–H groups in total. The van der Waals surface area contributed by atoms with Gasteiger partial charge in [0, 0.05) is 43.4 Å². The standard InChI is InChI=1S/C45H65N3O10/c1-7-24-56-45-40(48(43(52)54-8-2)20-25-53-26-23-51)29-38(47-58-44(4,5)6)36-27-32(15-9-11-21-49)35(17-10-12-22-50)41(42(36)45)37-28-34(18-19-39(37)57-45)55-30-33-16-13-14-31(3)46-33/h7,13-14,16,18-19,27-28,32,35,40-42,49-51H,1,8-12,15,17,20-26,29-30H2,2-6H3. The summed E-state index contributed by atoms with van der Waals surface area (Å²) in [5.74, 6) is -0.738. The van der Waals surface area contributed by atoms with Crippen molar-refractivity contribution in [1.82, 2.24) is 9.88 Å². The van der Waals surface area contributed by atoms with Gasteiger partial charge in [-0.15, -0.1) is 6.58 Å². The van der Waals surface area contributed by atoms with E-state index in [0.29, 0.717) is 30.1 Å². The van der Waals surface area contributed by atoms with E-state index in [0.717, 1.165) is 48.2 Å². The van der Waals surface area contributed by atoms with Gasteiger partial charge >= 0.3 is 6.09 Å². The van der Waals surface area contributed by atoms with E-state index < -0.39 is 29.4 Å². The van der Waals surface area contributed by atoms with Gasteiger partial charge in [-0.2, -0.15) is 0 Å². The van der Waals surface area contributed by atoms with Gasteiger partial charge in [0.2, 0.25) is 5.79 Å². The van der Waals surface area contributed by atoms with Gasteiger partial charge < -0.3 is 43.8 Å². The van der Waals surface area contributed by atoms with Crippen LogP contribution in [0.1, 0.15) is 95.5 Å². The van der Waals surface area contributed by atoms with Crippen molar-refractivity contribution in [3.8, 4) is 11.5 Å². The van der Waals surface area contributed by atoms with E-state index in [-0.39, 0.29) is 83.6 Å². The van der Waals surface area contributed by atoms with Crippen LogP contribution in [0, 0.1) is 24.7 Å². The molecule has 0 radical (unpaired) electrons. The van der Waals surface area contributed by atoms with Crippen LogP contribution in [0.25, 0.3) is 0 Å². The second-order valence-corrected chi connectivity index (χ2v) is 16.3. The molecule has 13 nitrogen and oxygen atoms in total. The summed E-state index contributed by atoms with van der Waals surface area (Å²) in [6.07, 6.45) is 8.25. The van der Waals surface area contributed by atoms with Crippen molar-refractivity contribution in [2.24, 2.45) is 22.9 Å². The Morgan fingerprint density at radius 1 is 1.07 bits per heavy atom. The molecule has 320 valence electrons. The highest BCUT2D eigenvalue weighted by Crippen LogP contribution is 2.62. The molecule has 0 bridgehead atoms. The molecule has 1 aliphatic heterocycles. The van der Waals surface area contributed by atoms with E-state index in [4.69, 9.17) is 33.7 Å². The van der Waals surface area contributed by atoms with Crippen LogP contribution in [0.5, 0.6) is 11.5 Å². The molecule has 0 spiro atoms. The molecular formula is C45H65N3O10. The van der Waals surface area contributed by atoms with Crippen LogP contribution in [-0.4, -0.2) is 107 Å². The fourth-order valence-corrected chi connectivity index (χ4v) is 8.68. The molecule has 58 heavy (non-hydrogen) atoms. The quantitative estimate of drug-likeness (QED) is 0.0647. The lowest BCUT2D eigenvalue weighted by atomic mass is 9.55. The molecule has 1 fully saturated rings. The third-order valence-electron chi connectivity index (χ3n) is 11.0. The second-order valence-electron chi connectivity index (χ2n) is 16.3. The number of aliphatic hydroxyl groups is 3. The number of rotatable bonds is 22. The number of unbranched alkanes of at least 4 members (excludes halogenated alkanes) is 2.